The summed E-state index contributed by atoms with van der Waals surface area (Å²) < 4.78 is 39.3. The van der Waals surface area contributed by atoms with E-state index in [4.69, 9.17) is 0 Å². The maximum Gasteiger partial charge on any atom is 0.431 e. The number of aryl methyl sites for hydroxylation is 1. The van der Waals surface area contributed by atoms with Crippen LogP contribution >= 0.6 is 0 Å². The SMILES string of the molecule is C/C(=C\C1C(C(F)(F)F)=NN(C)C1C)C(=O)Nc1ccc(C)cc1. The highest BCUT2D eigenvalue weighted by atomic mass is 19.4. The summed E-state index contributed by atoms with van der Waals surface area (Å²) in [7, 11) is 1.49. The second-order valence-corrected chi connectivity index (χ2v) is 5.99. The lowest BCUT2D eigenvalue weighted by Gasteiger charge is -2.19. The minimum Gasteiger partial charge on any atom is -0.322 e. The third-order valence-corrected chi connectivity index (χ3v) is 4.08. The summed E-state index contributed by atoms with van der Waals surface area (Å²) >= 11 is 0. The second kappa shape index (κ2) is 6.67. The van der Waals surface area contributed by atoms with Crippen LogP contribution in [0.3, 0.4) is 0 Å². The molecule has 7 heteroatoms. The van der Waals surface area contributed by atoms with Crippen molar-refractivity contribution in [1.82, 2.24) is 5.01 Å². The van der Waals surface area contributed by atoms with E-state index in [9.17, 15) is 18.0 Å². The molecule has 4 nitrogen and oxygen atoms in total. The third-order valence-electron chi connectivity index (χ3n) is 4.08. The molecule has 1 heterocycles. The molecule has 130 valence electrons. The lowest BCUT2D eigenvalue weighted by molar-refractivity contribution is -0.112. The molecule has 1 amide bonds. The summed E-state index contributed by atoms with van der Waals surface area (Å²) in [6.07, 6.45) is -3.18. The Morgan fingerprint density at radius 1 is 1.29 bits per heavy atom. The Hall–Kier alpha value is -2.31. The largest absolute Gasteiger partial charge is 0.431 e. The zero-order valence-electron chi connectivity index (χ0n) is 14.0. The van der Waals surface area contributed by atoms with Crippen LogP contribution in [0, 0.1) is 12.8 Å². The first-order valence-corrected chi connectivity index (χ1v) is 7.54. The van der Waals surface area contributed by atoms with Gasteiger partial charge in [-0.05, 0) is 32.9 Å². The Kier molecular flexibility index (Phi) is 5.01. The fourth-order valence-corrected chi connectivity index (χ4v) is 2.46. The summed E-state index contributed by atoms with van der Waals surface area (Å²) in [5, 5.41) is 7.53. The van der Waals surface area contributed by atoms with Crippen LogP contribution in [0.5, 0.6) is 0 Å². The Balaban J connectivity index is 2.17. The molecule has 0 fully saturated rings. The Morgan fingerprint density at radius 2 is 1.88 bits per heavy atom. The molecule has 0 saturated carbocycles. The lowest BCUT2D eigenvalue weighted by Crippen LogP contribution is -2.33. The van der Waals surface area contributed by atoms with Crippen LogP contribution in [0.4, 0.5) is 18.9 Å². The van der Waals surface area contributed by atoms with Crippen molar-refractivity contribution in [3.8, 4) is 0 Å². The number of benzene rings is 1. The molecule has 1 N–H and O–H groups in total. The molecule has 2 rings (SSSR count). The summed E-state index contributed by atoms with van der Waals surface area (Å²) in [6, 6.07) is 6.71. The van der Waals surface area contributed by atoms with Gasteiger partial charge in [-0.2, -0.15) is 18.3 Å². The van der Waals surface area contributed by atoms with Crippen LogP contribution in [0.1, 0.15) is 19.4 Å². The summed E-state index contributed by atoms with van der Waals surface area (Å²) in [5.41, 5.74) is 0.994. The number of hydrogen-bond donors (Lipinski definition) is 1. The van der Waals surface area contributed by atoms with Gasteiger partial charge in [-0.25, -0.2) is 0 Å². The first-order valence-electron chi connectivity index (χ1n) is 7.54. The monoisotopic (exact) mass is 339 g/mol. The number of rotatable bonds is 3. The summed E-state index contributed by atoms with van der Waals surface area (Å²) in [6.45, 7) is 5.07. The summed E-state index contributed by atoms with van der Waals surface area (Å²) in [5.74, 6) is -1.40. The number of nitrogens with one attached hydrogen (secondary N) is 1. The molecule has 1 aliphatic heterocycles. The zero-order valence-corrected chi connectivity index (χ0v) is 14.0. The number of carbonyl (C=O) groups excluding carboxylic acids is 1. The van der Waals surface area contributed by atoms with Crippen molar-refractivity contribution in [3.05, 3.63) is 41.5 Å². The molecule has 0 saturated heterocycles. The fraction of sp³-hybridized carbons (Fsp3) is 0.412. The van der Waals surface area contributed by atoms with Gasteiger partial charge in [0.05, 0.1) is 6.04 Å². The minimum atomic E-state index is -4.52. The van der Waals surface area contributed by atoms with E-state index < -0.39 is 29.8 Å². The number of alkyl halides is 3. The van der Waals surface area contributed by atoms with Gasteiger partial charge in [-0.3, -0.25) is 9.80 Å². The topological polar surface area (TPSA) is 44.7 Å². The Labute approximate surface area is 139 Å². The standard InChI is InChI=1S/C17H20F3N3O/c1-10-5-7-13(8-6-10)21-16(24)11(2)9-14-12(3)23(4)22-15(14)17(18,19)20/h5-9,12,14H,1-4H3,(H,21,24)/b11-9+. The molecule has 0 aromatic heterocycles. The van der Waals surface area contributed by atoms with E-state index in [0.717, 1.165) is 5.56 Å². The van der Waals surface area contributed by atoms with Gasteiger partial charge in [0, 0.05) is 24.2 Å². The number of hydrogen-bond acceptors (Lipinski definition) is 3. The molecular formula is C17H20F3N3O. The molecule has 0 radical (unpaired) electrons. The molecule has 0 aliphatic carbocycles. The highest BCUT2D eigenvalue weighted by Gasteiger charge is 2.47. The van der Waals surface area contributed by atoms with Gasteiger partial charge in [0.25, 0.3) is 5.91 Å². The van der Waals surface area contributed by atoms with Crippen LogP contribution < -0.4 is 5.32 Å². The van der Waals surface area contributed by atoms with Crippen molar-refractivity contribution >= 4 is 17.3 Å². The number of halogens is 3. The molecule has 24 heavy (non-hydrogen) atoms. The maximum atomic E-state index is 13.1. The van der Waals surface area contributed by atoms with Crippen molar-refractivity contribution in [1.29, 1.82) is 0 Å². The maximum absolute atomic E-state index is 13.1. The van der Waals surface area contributed by atoms with Gasteiger partial charge < -0.3 is 5.32 Å². The number of amides is 1. The second-order valence-electron chi connectivity index (χ2n) is 5.99. The van der Waals surface area contributed by atoms with Crippen molar-refractivity contribution in [2.45, 2.75) is 33.0 Å². The van der Waals surface area contributed by atoms with Crippen LogP contribution in [0.2, 0.25) is 0 Å². The van der Waals surface area contributed by atoms with E-state index in [0.29, 0.717) is 5.69 Å². The van der Waals surface area contributed by atoms with E-state index in [1.54, 1.807) is 19.1 Å². The fourth-order valence-electron chi connectivity index (χ4n) is 2.46. The van der Waals surface area contributed by atoms with Crippen LogP contribution in [-0.4, -0.2) is 35.9 Å². The molecule has 1 aromatic carbocycles. The average molecular weight is 339 g/mol. The van der Waals surface area contributed by atoms with Crippen LogP contribution in [-0.2, 0) is 4.79 Å². The average Bonchev–Trinajstić information content (AvgIpc) is 2.78. The van der Waals surface area contributed by atoms with Crippen molar-refractivity contribution in [2.24, 2.45) is 11.0 Å². The highest BCUT2D eigenvalue weighted by Crippen LogP contribution is 2.32. The number of anilines is 1. The lowest BCUT2D eigenvalue weighted by atomic mass is 9.94. The van der Waals surface area contributed by atoms with Crippen molar-refractivity contribution in [3.63, 3.8) is 0 Å². The van der Waals surface area contributed by atoms with Crippen LogP contribution in [0.25, 0.3) is 0 Å². The number of nitrogens with zero attached hydrogens (tertiary/aromatic N) is 2. The van der Waals surface area contributed by atoms with E-state index in [1.165, 1.54) is 25.1 Å². The van der Waals surface area contributed by atoms with E-state index >= 15 is 0 Å². The normalized spacial score (nSPS) is 21.7. The molecule has 0 spiro atoms. The molecule has 2 atom stereocenters. The van der Waals surface area contributed by atoms with Gasteiger partial charge in [0.1, 0.15) is 0 Å². The van der Waals surface area contributed by atoms with E-state index in [-0.39, 0.29) is 5.57 Å². The first kappa shape index (κ1) is 18.0. The predicted molar refractivity (Wildman–Crippen MR) is 87.8 cm³/mol. The molecule has 0 bridgehead atoms. The molecule has 2 unspecified atom stereocenters. The summed E-state index contributed by atoms with van der Waals surface area (Å²) in [4.78, 5) is 12.2. The van der Waals surface area contributed by atoms with E-state index in [2.05, 4.69) is 10.4 Å². The van der Waals surface area contributed by atoms with Gasteiger partial charge in [-0.1, -0.05) is 23.8 Å². The molecule has 1 aliphatic rings. The molecule has 1 aromatic rings. The Morgan fingerprint density at radius 3 is 2.42 bits per heavy atom. The molecular weight excluding hydrogens is 319 g/mol. The van der Waals surface area contributed by atoms with Gasteiger partial charge >= 0.3 is 6.18 Å². The quantitative estimate of drug-likeness (QED) is 0.853. The third kappa shape index (κ3) is 3.96. The van der Waals surface area contributed by atoms with Crippen molar-refractivity contribution < 1.29 is 18.0 Å². The first-order chi connectivity index (χ1) is 11.1. The van der Waals surface area contributed by atoms with Gasteiger partial charge in [0.2, 0.25) is 0 Å². The van der Waals surface area contributed by atoms with Gasteiger partial charge in [0.15, 0.2) is 5.71 Å². The smallest absolute Gasteiger partial charge is 0.322 e. The zero-order chi connectivity index (χ0) is 18.1. The van der Waals surface area contributed by atoms with Gasteiger partial charge in [-0.15, -0.1) is 0 Å². The number of hydrazone groups is 1. The van der Waals surface area contributed by atoms with Crippen LogP contribution in [0.15, 0.2) is 41.0 Å². The van der Waals surface area contributed by atoms with E-state index in [1.807, 2.05) is 19.1 Å². The Bertz CT molecular complexity index is 677. The highest BCUT2D eigenvalue weighted by molar-refractivity contribution is 6.04. The number of carbonyl (C=O) groups is 1. The minimum absolute atomic E-state index is 0.222. The predicted octanol–water partition coefficient (Wildman–Crippen LogP) is 3.75. The van der Waals surface area contributed by atoms with Crippen molar-refractivity contribution in [2.75, 3.05) is 12.4 Å².